The van der Waals surface area contributed by atoms with Crippen molar-refractivity contribution in [1.82, 2.24) is 0 Å². The van der Waals surface area contributed by atoms with Gasteiger partial charge in [0.1, 0.15) is 5.69 Å². The van der Waals surface area contributed by atoms with Gasteiger partial charge in [-0.3, -0.25) is 15.5 Å². The van der Waals surface area contributed by atoms with E-state index in [2.05, 4.69) is 10.5 Å². The third kappa shape index (κ3) is 4.30. The Morgan fingerprint density at radius 2 is 1.96 bits per heavy atom. The van der Waals surface area contributed by atoms with Gasteiger partial charge in [-0.2, -0.15) is 5.10 Å². The number of rotatable bonds is 7. The van der Waals surface area contributed by atoms with Gasteiger partial charge in [-0.1, -0.05) is 12.1 Å². The molecule has 1 N–H and O–H groups in total. The Morgan fingerprint density at radius 1 is 1.19 bits per heavy atom. The molecule has 3 rings (SSSR count). The second kappa shape index (κ2) is 8.33. The second-order valence-electron chi connectivity index (χ2n) is 6.08. The zero-order chi connectivity index (χ0) is 18.4. The summed E-state index contributed by atoms with van der Waals surface area (Å²) in [7, 11) is 1.61. The van der Waals surface area contributed by atoms with Crippen LogP contribution < -0.4 is 14.9 Å². The van der Waals surface area contributed by atoms with Crippen LogP contribution in [0.1, 0.15) is 31.2 Å². The lowest BCUT2D eigenvalue weighted by Crippen LogP contribution is -2.11. The number of hydrazone groups is 1. The van der Waals surface area contributed by atoms with Crippen molar-refractivity contribution in [2.24, 2.45) is 5.10 Å². The van der Waals surface area contributed by atoms with Crippen LogP contribution in [-0.2, 0) is 0 Å². The number of nitrogens with one attached hydrogen (secondary N) is 1. The van der Waals surface area contributed by atoms with Gasteiger partial charge in [-0.15, -0.1) is 0 Å². The molecule has 1 aliphatic rings. The number of benzene rings is 2. The van der Waals surface area contributed by atoms with Crippen molar-refractivity contribution in [1.29, 1.82) is 0 Å². The topological polar surface area (TPSA) is 86.0 Å². The summed E-state index contributed by atoms with van der Waals surface area (Å²) in [4.78, 5) is 10.6. The second-order valence-corrected chi connectivity index (χ2v) is 6.08. The van der Waals surface area contributed by atoms with Gasteiger partial charge in [-0.25, -0.2) is 0 Å². The Balaban J connectivity index is 1.73. The average molecular weight is 355 g/mol. The van der Waals surface area contributed by atoms with Gasteiger partial charge in [0, 0.05) is 6.07 Å². The average Bonchev–Trinajstić information content (AvgIpc) is 3.15. The van der Waals surface area contributed by atoms with Gasteiger partial charge < -0.3 is 9.47 Å². The summed E-state index contributed by atoms with van der Waals surface area (Å²) in [5, 5.41) is 15.1. The Kier molecular flexibility index (Phi) is 5.68. The van der Waals surface area contributed by atoms with Crippen LogP contribution in [-0.4, -0.2) is 24.4 Å². The van der Waals surface area contributed by atoms with Crippen LogP contribution in [0.3, 0.4) is 0 Å². The highest BCUT2D eigenvalue weighted by Crippen LogP contribution is 2.32. The molecule has 1 saturated carbocycles. The number of hydrogen-bond donors (Lipinski definition) is 1. The molecule has 0 radical (unpaired) electrons. The molecule has 0 spiro atoms. The summed E-state index contributed by atoms with van der Waals surface area (Å²) >= 11 is 0. The highest BCUT2D eigenvalue weighted by Gasteiger charge is 2.18. The van der Waals surface area contributed by atoms with Gasteiger partial charge in [0.2, 0.25) is 0 Å². The predicted octanol–water partition coefficient (Wildman–Crippen LogP) is 4.37. The lowest BCUT2D eigenvalue weighted by Gasteiger charge is -2.16. The molecule has 2 aromatic carbocycles. The van der Waals surface area contributed by atoms with Crippen molar-refractivity contribution in [3.63, 3.8) is 0 Å². The summed E-state index contributed by atoms with van der Waals surface area (Å²) < 4.78 is 11.4. The van der Waals surface area contributed by atoms with E-state index < -0.39 is 4.92 Å². The number of nitrogens with zero attached hydrogens (tertiary/aromatic N) is 2. The van der Waals surface area contributed by atoms with Crippen LogP contribution in [0.4, 0.5) is 11.4 Å². The molecule has 136 valence electrons. The molecule has 7 nitrogen and oxygen atoms in total. The Morgan fingerprint density at radius 3 is 2.69 bits per heavy atom. The number of ether oxygens (including phenoxy) is 2. The number of methoxy groups -OCH3 is 1. The van der Waals surface area contributed by atoms with E-state index in [1.807, 2.05) is 18.2 Å². The van der Waals surface area contributed by atoms with Crippen molar-refractivity contribution >= 4 is 17.6 Å². The molecular formula is C19H21N3O4. The first-order chi connectivity index (χ1) is 12.7. The first-order valence-corrected chi connectivity index (χ1v) is 8.54. The first kappa shape index (κ1) is 17.7. The molecule has 0 bridgehead atoms. The third-order valence-electron chi connectivity index (χ3n) is 4.28. The molecule has 26 heavy (non-hydrogen) atoms. The van der Waals surface area contributed by atoms with Crippen molar-refractivity contribution in [2.75, 3.05) is 12.5 Å². The number of anilines is 1. The zero-order valence-corrected chi connectivity index (χ0v) is 14.6. The highest BCUT2D eigenvalue weighted by molar-refractivity contribution is 5.81. The monoisotopic (exact) mass is 355 g/mol. The van der Waals surface area contributed by atoms with Crippen LogP contribution >= 0.6 is 0 Å². The molecule has 0 unspecified atom stereocenters. The lowest BCUT2D eigenvalue weighted by atomic mass is 10.2. The van der Waals surface area contributed by atoms with Crippen LogP contribution in [0.25, 0.3) is 0 Å². The molecule has 0 amide bonds. The minimum Gasteiger partial charge on any atom is -0.493 e. The molecule has 1 fully saturated rings. The van der Waals surface area contributed by atoms with Crippen molar-refractivity contribution in [2.45, 2.75) is 31.8 Å². The van der Waals surface area contributed by atoms with Crippen LogP contribution in [0.5, 0.6) is 11.5 Å². The van der Waals surface area contributed by atoms with E-state index in [4.69, 9.17) is 9.47 Å². The van der Waals surface area contributed by atoms with Gasteiger partial charge in [0.15, 0.2) is 11.5 Å². The van der Waals surface area contributed by atoms with Crippen molar-refractivity contribution in [3.05, 3.63) is 58.1 Å². The molecule has 0 heterocycles. The minimum absolute atomic E-state index is 0.0235. The van der Waals surface area contributed by atoms with E-state index in [1.54, 1.807) is 31.5 Å². The van der Waals surface area contributed by atoms with E-state index in [1.165, 1.54) is 18.9 Å². The van der Waals surface area contributed by atoms with Gasteiger partial charge in [0.25, 0.3) is 5.69 Å². The SMILES string of the molecule is COc1ccc(/C=N/Nc2ccccc2[N+](=O)[O-])cc1OC1CCCC1. The number of nitro benzene ring substituents is 1. The van der Waals surface area contributed by atoms with Crippen LogP contribution in [0.2, 0.25) is 0 Å². The Labute approximate surface area is 151 Å². The largest absolute Gasteiger partial charge is 0.493 e. The molecule has 0 aliphatic heterocycles. The van der Waals surface area contributed by atoms with E-state index in [0.717, 1.165) is 18.4 Å². The molecule has 2 aromatic rings. The van der Waals surface area contributed by atoms with E-state index in [0.29, 0.717) is 17.2 Å². The molecule has 7 heteroatoms. The molecule has 0 atom stereocenters. The number of nitro groups is 1. The molecule has 1 aliphatic carbocycles. The fraction of sp³-hybridized carbons (Fsp3) is 0.316. The molecular weight excluding hydrogens is 334 g/mol. The number of hydrogen-bond acceptors (Lipinski definition) is 6. The summed E-state index contributed by atoms with van der Waals surface area (Å²) in [5.41, 5.74) is 3.84. The summed E-state index contributed by atoms with van der Waals surface area (Å²) in [6.07, 6.45) is 6.31. The van der Waals surface area contributed by atoms with Gasteiger partial charge in [0.05, 0.1) is 24.4 Å². The van der Waals surface area contributed by atoms with Gasteiger partial charge >= 0.3 is 0 Å². The fourth-order valence-corrected chi connectivity index (χ4v) is 2.96. The number of para-hydroxylation sites is 2. The maximum atomic E-state index is 11.0. The summed E-state index contributed by atoms with van der Waals surface area (Å²) in [5.74, 6) is 1.37. The summed E-state index contributed by atoms with van der Waals surface area (Å²) in [6, 6.07) is 11.9. The maximum Gasteiger partial charge on any atom is 0.294 e. The molecule has 0 aromatic heterocycles. The molecule has 0 saturated heterocycles. The zero-order valence-electron chi connectivity index (χ0n) is 14.6. The van der Waals surface area contributed by atoms with Crippen LogP contribution in [0.15, 0.2) is 47.6 Å². The Bertz CT molecular complexity index is 801. The quantitative estimate of drug-likeness (QED) is 0.453. The van der Waals surface area contributed by atoms with Crippen molar-refractivity contribution < 1.29 is 14.4 Å². The van der Waals surface area contributed by atoms with Crippen LogP contribution in [0, 0.1) is 10.1 Å². The predicted molar refractivity (Wildman–Crippen MR) is 100 cm³/mol. The highest BCUT2D eigenvalue weighted by atomic mass is 16.6. The van der Waals surface area contributed by atoms with E-state index in [9.17, 15) is 10.1 Å². The fourth-order valence-electron chi connectivity index (χ4n) is 2.96. The minimum atomic E-state index is -0.446. The Hall–Kier alpha value is -3.09. The lowest BCUT2D eigenvalue weighted by molar-refractivity contribution is -0.384. The standard InChI is InChI=1S/C19H21N3O4/c1-25-18-11-10-14(12-19(18)26-15-6-2-3-7-15)13-20-21-16-8-4-5-9-17(16)22(23)24/h4-5,8-13,15,21H,2-3,6-7H2,1H3/b20-13+. The smallest absolute Gasteiger partial charge is 0.294 e. The van der Waals surface area contributed by atoms with E-state index in [-0.39, 0.29) is 11.8 Å². The third-order valence-corrected chi connectivity index (χ3v) is 4.28. The van der Waals surface area contributed by atoms with E-state index >= 15 is 0 Å². The van der Waals surface area contributed by atoms with Gasteiger partial charge in [-0.05, 0) is 55.5 Å². The van der Waals surface area contributed by atoms with Crippen molar-refractivity contribution in [3.8, 4) is 11.5 Å². The first-order valence-electron chi connectivity index (χ1n) is 8.54. The maximum absolute atomic E-state index is 11.0. The normalized spacial score (nSPS) is 14.5. The summed E-state index contributed by atoms with van der Waals surface area (Å²) in [6.45, 7) is 0.